The van der Waals surface area contributed by atoms with Gasteiger partial charge in [-0.1, -0.05) is 48.3 Å². The number of hydrogen-bond acceptors (Lipinski definition) is 4. The van der Waals surface area contributed by atoms with Crippen LogP contribution >= 0.6 is 23.2 Å². The van der Waals surface area contributed by atoms with Crippen LogP contribution in [0.2, 0.25) is 10.0 Å². The molecule has 1 heterocycles. The number of halogens is 2. The molecule has 2 aromatic rings. The second-order valence-electron chi connectivity index (χ2n) is 8.40. The first kappa shape index (κ1) is 25.8. The lowest BCUT2D eigenvalue weighted by atomic mass is 9.96. The number of benzene rings is 2. The molecule has 2 atom stereocenters. The number of ether oxygens (including phenoxy) is 1. The van der Waals surface area contributed by atoms with Crippen molar-refractivity contribution in [2.24, 2.45) is 5.92 Å². The van der Waals surface area contributed by atoms with Crippen molar-refractivity contribution < 1.29 is 17.9 Å². The summed E-state index contributed by atoms with van der Waals surface area (Å²) >= 11 is 12.0. The van der Waals surface area contributed by atoms with E-state index in [-0.39, 0.29) is 24.2 Å². The van der Waals surface area contributed by atoms with Crippen LogP contribution in [0.3, 0.4) is 0 Å². The molecule has 0 saturated carbocycles. The van der Waals surface area contributed by atoms with Gasteiger partial charge in [-0.2, -0.15) is 0 Å². The number of methoxy groups -OCH3 is 1. The Labute approximate surface area is 206 Å². The van der Waals surface area contributed by atoms with Crippen LogP contribution in [0.15, 0.2) is 36.4 Å². The maximum atomic E-state index is 13.1. The molecule has 0 aliphatic carbocycles. The summed E-state index contributed by atoms with van der Waals surface area (Å²) in [6.07, 6.45) is 2.02. The summed E-state index contributed by atoms with van der Waals surface area (Å²) in [5.74, 6) is 0.108. The van der Waals surface area contributed by atoms with E-state index in [0.717, 1.165) is 23.3 Å². The highest BCUT2D eigenvalue weighted by atomic mass is 35.5. The smallest absolute Gasteiger partial charge is 0.224 e. The van der Waals surface area contributed by atoms with Gasteiger partial charge in [0.2, 0.25) is 15.9 Å². The number of piperidine rings is 1. The predicted molar refractivity (Wildman–Crippen MR) is 132 cm³/mol. The van der Waals surface area contributed by atoms with Crippen molar-refractivity contribution in [2.45, 2.75) is 44.9 Å². The third kappa shape index (κ3) is 6.41. The number of nitrogens with one attached hydrogen (secondary N) is 1. The average Bonchev–Trinajstić information content (AvgIpc) is 2.79. The summed E-state index contributed by atoms with van der Waals surface area (Å²) in [6.45, 7) is 4.56. The summed E-state index contributed by atoms with van der Waals surface area (Å²) in [5, 5.41) is 3.82. The van der Waals surface area contributed by atoms with E-state index < -0.39 is 15.9 Å². The first-order valence-corrected chi connectivity index (χ1v) is 13.4. The van der Waals surface area contributed by atoms with Crippen LogP contribution in [0, 0.1) is 12.8 Å². The molecule has 33 heavy (non-hydrogen) atoms. The SMILES string of the molecule is CC[C@H](NC(=O)[C@H]1CCCN(S(=O)(=O)Cc2ccc(Cl)c(Cl)c2)C1)c1ccc(OC)c(C)c1. The molecule has 2 aromatic carbocycles. The molecule has 0 bridgehead atoms. The van der Waals surface area contributed by atoms with Gasteiger partial charge >= 0.3 is 0 Å². The van der Waals surface area contributed by atoms with E-state index in [1.54, 1.807) is 25.3 Å². The molecule has 1 amide bonds. The van der Waals surface area contributed by atoms with Gasteiger partial charge in [-0.25, -0.2) is 12.7 Å². The molecule has 9 heteroatoms. The number of rotatable bonds is 8. The van der Waals surface area contributed by atoms with Crippen molar-refractivity contribution in [3.63, 3.8) is 0 Å². The Bertz CT molecular complexity index is 1110. The largest absolute Gasteiger partial charge is 0.496 e. The molecule has 1 N–H and O–H groups in total. The molecule has 3 rings (SSSR count). The molecule has 180 valence electrons. The Kier molecular flexibility index (Phi) is 8.67. The van der Waals surface area contributed by atoms with Crippen LogP contribution < -0.4 is 10.1 Å². The minimum atomic E-state index is -3.59. The van der Waals surface area contributed by atoms with Gasteiger partial charge in [0, 0.05) is 13.1 Å². The monoisotopic (exact) mass is 512 g/mol. The maximum absolute atomic E-state index is 13.1. The fraction of sp³-hybridized carbons (Fsp3) is 0.458. The second-order valence-corrected chi connectivity index (χ2v) is 11.2. The van der Waals surface area contributed by atoms with Crippen LogP contribution in [-0.2, 0) is 20.6 Å². The normalized spacial score (nSPS) is 18.0. The predicted octanol–water partition coefficient (Wildman–Crippen LogP) is 5.12. The van der Waals surface area contributed by atoms with E-state index in [2.05, 4.69) is 5.32 Å². The average molecular weight is 513 g/mol. The zero-order chi connectivity index (χ0) is 24.2. The van der Waals surface area contributed by atoms with Crippen LogP contribution in [0.4, 0.5) is 0 Å². The Morgan fingerprint density at radius 1 is 1.21 bits per heavy atom. The topological polar surface area (TPSA) is 75.7 Å². The lowest BCUT2D eigenvalue weighted by molar-refractivity contribution is -0.126. The lowest BCUT2D eigenvalue weighted by Crippen LogP contribution is -2.46. The van der Waals surface area contributed by atoms with Crippen LogP contribution in [0.1, 0.15) is 48.9 Å². The zero-order valence-electron chi connectivity index (χ0n) is 19.1. The number of aryl methyl sites for hydroxylation is 1. The van der Waals surface area contributed by atoms with E-state index in [4.69, 9.17) is 27.9 Å². The van der Waals surface area contributed by atoms with Gasteiger partial charge in [0.05, 0.1) is 34.9 Å². The van der Waals surface area contributed by atoms with Crippen molar-refractivity contribution in [1.29, 1.82) is 0 Å². The second kappa shape index (κ2) is 11.1. The lowest BCUT2D eigenvalue weighted by Gasteiger charge is -2.32. The summed E-state index contributed by atoms with van der Waals surface area (Å²) in [7, 11) is -1.96. The highest BCUT2D eigenvalue weighted by Crippen LogP contribution is 2.28. The van der Waals surface area contributed by atoms with Gasteiger partial charge in [-0.15, -0.1) is 0 Å². The Balaban J connectivity index is 1.67. The zero-order valence-corrected chi connectivity index (χ0v) is 21.4. The Morgan fingerprint density at radius 3 is 2.61 bits per heavy atom. The Morgan fingerprint density at radius 2 is 1.97 bits per heavy atom. The Hall–Kier alpha value is -1.80. The molecule has 0 aromatic heterocycles. The van der Waals surface area contributed by atoms with Crippen molar-refractivity contribution in [1.82, 2.24) is 9.62 Å². The van der Waals surface area contributed by atoms with E-state index in [1.165, 1.54) is 4.31 Å². The number of nitrogens with zero attached hydrogens (tertiary/aromatic N) is 1. The molecular weight excluding hydrogens is 483 g/mol. The van der Waals surface area contributed by atoms with Crippen molar-refractivity contribution >= 4 is 39.1 Å². The van der Waals surface area contributed by atoms with Crippen LogP contribution in [0.25, 0.3) is 0 Å². The third-order valence-electron chi connectivity index (χ3n) is 6.03. The standard InChI is InChI=1S/C24H30Cl2N2O4S/c1-4-22(18-8-10-23(32-3)16(2)12-18)27-24(29)19-6-5-11-28(14-19)33(30,31)15-17-7-9-20(25)21(26)13-17/h7-10,12-13,19,22H,4-6,11,14-15H2,1-3H3,(H,27,29)/t19-,22-/m0/s1. The van der Waals surface area contributed by atoms with Gasteiger partial charge < -0.3 is 10.1 Å². The van der Waals surface area contributed by atoms with Crippen LogP contribution in [0.5, 0.6) is 5.75 Å². The van der Waals surface area contributed by atoms with Crippen molar-refractivity contribution in [3.8, 4) is 5.75 Å². The molecule has 1 saturated heterocycles. The minimum Gasteiger partial charge on any atom is -0.496 e. The number of sulfonamides is 1. The number of carbonyl (C=O) groups excluding carboxylic acids is 1. The number of amides is 1. The van der Waals surface area contributed by atoms with Gasteiger partial charge in [0.1, 0.15) is 5.75 Å². The fourth-order valence-electron chi connectivity index (χ4n) is 4.17. The summed E-state index contributed by atoms with van der Waals surface area (Å²) in [5.41, 5.74) is 2.57. The summed E-state index contributed by atoms with van der Waals surface area (Å²) in [6, 6.07) is 10.5. The fourth-order valence-corrected chi connectivity index (χ4v) is 6.09. The number of hydrogen-bond donors (Lipinski definition) is 1. The van der Waals surface area contributed by atoms with Crippen molar-refractivity contribution in [3.05, 3.63) is 63.1 Å². The van der Waals surface area contributed by atoms with Crippen LogP contribution in [-0.4, -0.2) is 38.8 Å². The van der Waals surface area contributed by atoms with E-state index >= 15 is 0 Å². The first-order chi connectivity index (χ1) is 15.6. The number of carbonyl (C=O) groups is 1. The highest BCUT2D eigenvalue weighted by molar-refractivity contribution is 7.88. The van der Waals surface area contributed by atoms with E-state index in [9.17, 15) is 13.2 Å². The quantitative estimate of drug-likeness (QED) is 0.532. The molecule has 0 radical (unpaired) electrons. The maximum Gasteiger partial charge on any atom is 0.224 e. The summed E-state index contributed by atoms with van der Waals surface area (Å²) < 4.78 is 32.8. The molecule has 0 unspecified atom stereocenters. The van der Waals surface area contributed by atoms with E-state index in [0.29, 0.717) is 35.0 Å². The molecule has 6 nitrogen and oxygen atoms in total. The van der Waals surface area contributed by atoms with Gasteiger partial charge in [0.15, 0.2) is 0 Å². The first-order valence-electron chi connectivity index (χ1n) is 11.0. The third-order valence-corrected chi connectivity index (χ3v) is 8.58. The minimum absolute atomic E-state index is 0.121. The summed E-state index contributed by atoms with van der Waals surface area (Å²) in [4.78, 5) is 13.1. The van der Waals surface area contributed by atoms with Crippen molar-refractivity contribution in [2.75, 3.05) is 20.2 Å². The van der Waals surface area contributed by atoms with Gasteiger partial charge in [0.25, 0.3) is 0 Å². The van der Waals surface area contributed by atoms with E-state index in [1.807, 2.05) is 32.0 Å². The van der Waals surface area contributed by atoms with Gasteiger partial charge in [-0.05, 0) is 61.1 Å². The van der Waals surface area contributed by atoms with Gasteiger partial charge in [-0.3, -0.25) is 4.79 Å². The molecule has 0 spiro atoms. The molecule has 1 aliphatic heterocycles. The molecule has 1 fully saturated rings. The molecule has 1 aliphatic rings. The highest BCUT2D eigenvalue weighted by Gasteiger charge is 2.33. The molecular formula is C24H30Cl2N2O4S.